The molecule has 4 nitrogen and oxygen atoms in total. The van der Waals surface area contributed by atoms with Crippen molar-refractivity contribution >= 4 is 35.0 Å². The maximum Gasteiger partial charge on any atom is 2.00 e. The van der Waals surface area contributed by atoms with E-state index in [1.807, 2.05) is 20.8 Å². The molecule has 0 amide bonds. The van der Waals surface area contributed by atoms with Crippen molar-refractivity contribution in [3.63, 3.8) is 0 Å². The van der Waals surface area contributed by atoms with Crippen molar-refractivity contribution in [2.45, 2.75) is 27.7 Å². The molecule has 0 saturated heterocycles. The van der Waals surface area contributed by atoms with Crippen LogP contribution in [0.25, 0.3) is 0 Å². The molecule has 0 aliphatic rings. The van der Waals surface area contributed by atoms with Gasteiger partial charge in [0.25, 0.3) is 0 Å². The second kappa shape index (κ2) is 5.55. The fourth-order valence-corrected chi connectivity index (χ4v) is 1.03. The van der Waals surface area contributed by atoms with Crippen molar-refractivity contribution in [2.24, 2.45) is 17.3 Å². The SMILES string of the molecule is CC(C(C(=O)O)C(=O)O)C(C)(C)C.[H-].[H-].[Mg+2]. The van der Waals surface area contributed by atoms with Gasteiger partial charge < -0.3 is 13.1 Å². The quantitative estimate of drug-likeness (QED) is 0.549. The van der Waals surface area contributed by atoms with Gasteiger partial charge in [0.2, 0.25) is 0 Å². The summed E-state index contributed by atoms with van der Waals surface area (Å²) < 4.78 is 0. The van der Waals surface area contributed by atoms with Crippen LogP contribution in [0.1, 0.15) is 30.5 Å². The van der Waals surface area contributed by atoms with Crippen LogP contribution in [0.4, 0.5) is 0 Å². The summed E-state index contributed by atoms with van der Waals surface area (Å²) in [6, 6.07) is 0. The van der Waals surface area contributed by atoms with Gasteiger partial charge in [-0.05, 0) is 11.3 Å². The number of rotatable bonds is 3. The summed E-state index contributed by atoms with van der Waals surface area (Å²) in [7, 11) is 0. The Kier molecular flexibility index (Phi) is 6.41. The Hall–Kier alpha value is -0.294. The first-order chi connectivity index (χ1) is 5.68. The van der Waals surface area contributed by atoms with Gasteiger partial charge in [0.15, 0.2) is 5.92 Å². The zero-order valence-corrected chi connectivity index (χ0v) is 10.5. The standard InChI is InChI=1S/C9H16O4.Mg.2H/c1-5(9(2,3)4)6(7(10)11)8(12)13;;;/h5-6H,1-4H3,(H,10,11)(H,12,13);;;/q;+2;2*-1. The van der Waals surface area contributed by atoms with Gasteiger partial charge >= 0.3 is 35.0 Å². The second-order valence-corrected chi connectivity index (χ2v) is 4.31. The van der Waals surface area contributed by atoms with Crippen molar-refractivity contribution in [1.29, 1.82) is 0 Å². The Morgan fingerprint density at radius 2 is 1.43 bits per heavy atom. The van der Waals surface area contributed by atoms with E-state index in [-0.39, 0.29) is 31.3 Å². The van der Waals surface area contributed by atoms with E-state index in [1.165, 1.54) is 0 Å². The molecule has 0 rings (SSSR count). The van der Waals surface area contributed by atoms with E-state index in [1.54, 1.807) is 6.92 Å². The summed E-state index contributed by atoms with van der Waals surface area (Å²) in [6.45, 7) is 7.14. The Bertz CT molecular complexity index is 214. The summed E-state index contributed by atoms with van der Waals surface area (Å²) in [5.41, 5.74) is -0.318. The van der Waals surface area contributed by atoms with Gasteiger partial charge in [-0.3, -0.25) is 9.59 Å². The van der Waals surface area contributed by atoms with Crippen molar-refractivity contribution in [3.05, 3.63) is 0 Å². The number of aliphatic carboxylic acids is 2. The summed E-state index contributed by atoms with van der Waals surface area (Å²) in [5, 5.41) is 17.4. The molecule has 0 aliphatic carbocycles. The van der Waals surface area contributed by atoms with Crippen molar-refractivity contribution in [1.82, 2.24) is 0 Å². The first-order valence-corrected chi connectivity index (χ1v) is 4.13. The normalized spacial score (nSPS) is 13.2. The topological polar surface area (TPSA) is 74.6 Å². The summed E-state index contributed by atoms with van der Waals surface area (Å²) in [4.78, 5) is 21.3. The Morgan fingerprint density at radius 3 is 1.50 bits per heavy atom. The number of carbonyl (C=O) groups is 2. The molecule has 0 aromatic carbocycles. The molecule has 0 heterocycles. The monoisotopic (exact) mass is 214 g/mol. The molecular weight excluding hydrogens is 196 g/mol. The van der Waals surface area contributed by atoms with Gasteiger partial charge in [-0.2, -0.15) is 0 Å². The van der Waals surface area contributed by atoms with Gasteiger partial charge in [0, 0.05) is 0 Å². The molecule has 0 aliphatic heterocycles. The third kappa shape index (κ3) is 4.28. The van der Waals surface area contributed by atoms with Crippen LogP contribution in [-0.4, -0.2) is 45.2 Å². The minimum atomic E-state index is -1.32. The molecule has 0 radical (unpaired) electrons. The van der Waals surface area contributed by atoms with E-state index in [9.17, 15) is 9.59 Å². The minimum Gasteiger partial charge on any atom is -1.00 e. The molecule has 2 N–H and O–H groups in total. The number of carboxylic acid groups (broad SMARTS) is 2. The van der Waals surface area contributed by atoms with E-state index in [4.69, 9.17) is 10.2 Å². The van der Waals surface area contributed by atoms with E-state index in [2.05, 4.69) is 0 Å². The van der Waals surface area contributed by atoms with Crippen molar-refractivity contribution in [2.75, 3.05) is 0 Å². The molecular formula is C9H18MgO4. The van der Waals surface area contributed by atoms with Crippen molar-refractivity contribution < 1.29 is 22.7 Å². The predicted molar refractivity (Wildman–Crippen MR) is 55.4 cm³/mol. The first-order valence-electron chi connectivity index (χ1n) is 4.13. The Balaban J connectivity index is -0.000000240. The first kappa shape index (κ1) is 16.1. The van der Waals surface area contributed by atoms with Crippen LogP contribution >= 0.6 is 0 Å². The minimum absolute atomic E-state index is 0. The van der Waals surface area contributed by atoms with Crippen LogP contribution in [0.2, 0.25) is 0 Å². The van der Waals surface area contributed by atoms with Gasteiger partial charge in [0.1, 0.15) is 0 Å². The molecule has 0 saturated carbocycles. The van der Waals surface area contributed by atoms with Gasteiger partial charge in [-0.15, -0.1) is 0 Å². The predicted octanol–water partition coefficient (Wildman–Crippen LogP) is 1.30. The van der Waals surface area contributed by atoms with Gasteiger partial charge in [0.05, 0.1) is 0 Å². The molecule has 1 atom stereocenters. The van der Waals surface area contributed by atoms with Gasteiger partial charge in [-0.25, -0.2) is 0 Å². The van der Waals surface area contributed by atoms with E-state index in [0.29, 0.717) is 0 Å². The van der Waals surface area contributed by atoms with Crippen LogP contribution in [-0.2, 0) is 9.59 Å². The zero-order chi connectivity index (χ0) is 10.8. The molecule has 0 fully saturated rings. The number of hydrogen-bond acceptors (Lipinski definition) is 2. The van der Waals surface area contributed by atoms with Crippen molar-refractivity contribution in [3.8, 4) is 0 Å². The average Bonchev–Trinajstić information content (AvgIpc) is 1.82. The molecule has 0 aromatic heterocycles. The molecule has 1 unspecified atom stereocenters. The van der Waals surface area contributed by atoms with E-state index < -0.39 is 23.8 Å². The zero-order valence-electron chi connectivity index (χ0n) is 11.1. The van der Waals surface area contributed by atoms with E-state index in [0.717, 1.165) is 0 Å². The Labute approximate surface area is 103 Å². The molecule has 5 heteroatoms. The second-order valence-electron chi connectivity index (χ2n) is 4.31. The molecule has 14 heavy (non-hydrogen) atoms. The van der Waals surface area contributed by atoms with Crippen LogP contribution in [0.5, 0.6) is 0 Å². The van der Waals surface area contributed by atoms with Crippen LogP contribution in [0, 0.1) is 17.3 Å². The number of carboxylic acids is 2. The summed E-state index contributed by atoms with van der Waals surface area (Å²) >= 11 is 0. The molecule has 0 aromatic rings. The third-order valence-corrected chi connectivity index (χ3v) is 2.40. The van der Waals surface area contributed by atoms with Gasteiger partial charge in [-0.1, -0.05) is 27.7 Å². The summed E-state index contributed by atoms with van der Waals surface area (Å²) in [6.07, 6.45) is 0. The fraction of sp³-hybridized carbons (Fsp3) is 0.778. The molecule has 0 bridgehead atoms. The van der Waals surface area contributed by atoms with Crippen LogP contribution in [0.3, 0.4) is 0 Å². The largest absolute Gasteiger partial charge is 2.00 e. The summed E-state index contributed by atoms with van der Waals surface area (Å²) in [5.74, 6) is -4.26. The maximum atomic E-state index is 10.6. The molecule has 0 spiro atoms. The maximum absolute atomic E-state index is 10.6. The smallest absolute Gasteiger partial charge is 1.00 e. The number of hydrogen-bond donors (Lipinski definition) is 2. The average molecular weight is 215 g/mol. The van der Waals surface area contributed by atoms with E-state index >= 15 is 0 Å². The molecule has 80 valence electrons. The fourth-order valence-electron chi connectivity index (χ4n) is 1.03. The van der Waals surface area contributed by atoms with Crippen LogP contribution in [0.15, 0.2) is 0 Å². The Morgan fingerprint density at radius 1 is 1.14 bits per heavy atom. The van der Waals surface area contributed by atoms with Crippen LogP contribution < -0.4 is 0 Å². The third-order valence-electron chi connectivity index (χ3n) is 2.40.